The van der Waals surface area contributed by atoms with Crippen LogP contribution in [0.1, 0.15) is 15.9 Å². The first-order chi connectivity index (χ1) is 17.0. The molecule has 1 N–H and O–H groups in total. The number of nitrogens with zero attached hydrogens (tertiary/aromatic N) is 4. The molecule has 9 nitrogen and oxygen atoms in total. The summed E-state index contributed by atoms with van der Waals surface area (Å²) >= 11 is 0. The van der Waals surface area contributed by atoms with E-state index < -0.39 is 5.69 Å². The first-order valence-electron chi connectivity index (χ1n) is 12.2. The Hall–Kier alpha value is -3.43. The fourth-order valence-electron chi connectivity index (χ4n) is 4.85. The Labute approximate surface area is 203 Å². The van der Waals surface area contributed by atoms with Crippen LogP contribution in [0.2, 0.25) is 0 Å². The van der Waals surface area contributed by atoms with E-state index >= 15 is 0 Å². The molecular formula is C26H31N5O4. The lowest BCUT2D eigenvalue weighted by Gasteiger charge is -2.35. The van der Waals surface area contributed by atoms with Gasteiger partial charge in [0, 0.05) is 57.1 Å². The van der Waals surface area contributed by atoms with Crippen LogP contribution in [0.4, 0.5) is 5.69 Å². The van der Waals surface area contributed by atoms with Gasteiger partial charge in [0.2, 0.25) is 0 Å². The van der Waals surface area contributed by atoms with E-state index in [9.17, 15) is 14.4 Å². The summed E-state index contributed by atoms with van der Waals surface area (Å²) in [4.78, 5) is 48.2. The number of benzene rings is 2. The summed E-state index contributed by atoms with van der Waals surface area (Å²) in [5, 5.41) is 0.344. The number of ether oxygens (including phenoxy) is 1. The van der Waals surface area contributed by atoms with Crippen molar-refractivity contribution in [3.63, 3.8) is 0 Å². The molecule has 0 saturated carbocycles. The predicted molar refractivity (Wildman–Crippen MR) is 135 cm³/mol. The van der Waals surface area contributed by atoms with Crippen LogP contribution in [0.25, 0.3) is 10.9 Å². The Morgan fingerprint density at radius 1 is 0.971 bits per heavy atom. The van der Waals surface area contributed by atoms with E-state index in [4.69, 9.17) is 4.74 Å². The van der Waals surface area contributed by atoms with Gasteiger partial charge in [0.1, 0.15) is 0 Å². The average Bonchev–Trinajstić information content (AvgIpc) is 2.89. The van der Waals surface area contributed by atoms with Crippen LogP contribution in [0, 0.1) is 0 Å². The van der Waals surface area contributed by atoms with Gasteiger partial charge in [-0.15, -0.1) is 0 Å². The zero-order valence-corrected chi connectivity index (χ0v) is 20.0. The number of rotatable bonds is 5. The van der Waals surface area contributed by atoms with Crippen LogP contribution in [-0.2, 0) is 17.7 Å². The van der Waals surface area contributed by atoms with Crippen LogP contribution < -0.4 is 16.1 Å². The van der Waals surface area contributed by atoms with Crippen molar-refractivity contribution in [1.82, 2.24) is 19.4 Å². The van der Waals surface area contributed by atoms with Crippen molar-refractivity contribution in [3.8, 4) is 0 Å². The number of piperazine rings is 1. The highest BCUT2D eigenvalue weighted by Gasteiger charge is 2.20. The van der Waals surface area contributed by atoms with E-state index in [0.717, 1.165) is 37.4 Å². The number of anilines is 1. The molecule has 0 aliphatic carbocycles. The summed E-state index contributed by atoms with van der Waals surface area (Å²) < 4.78 is 6.57. The van der Waals surface area contributed by atoms with Crippen LogP contribution in [0.5, 0.6) is 0 Å². The van der Waals surface area contributed by atoms with Gasteiger partial charge in [-0.05, 0) is 43.3 Å². The van der Waals surface area contributed by atoms with Crippen molar-refractivity contribution in [2.24, 2.45) is 0 Å². The number of carbonyl (C=O) groups excluding carboxylic acids is 1. The quantitative estimate of drug-likeness (QED) is 0.593. The number of hydrogen-bond donors (Lipinski definition) is 1. The molecule has 3 aromatic rings. The lowest BCUT2D eigenvalue weighted by Crippen LogP contribution is -2.44. The minimum Gasteiger partial charge on any atom is -0.378 e. The van der Waals surface area contributed by atoms with Crippen LogP contribution in [-0.4, -0.2) is 84.8 Å². The molecule has 5 rings (SSSR count). The van der Waals surface area contributed by atoms with Gasteiger partial charge in [0.25, 0.3) is 11.5 Å². The molecule has 0 bridgehead atoms. The number of morpholine rings is 1. The second kappa shape index (κ2) is 10.1. The molecule has 3 heterocycles. The number of aromatic amines is 1. The number of carbonyl (C=O) groups is 1. The zero-order chi connectivity index (χ0) is 24.4. The standard InChI is InChI=1S/C26H31N5O4/c1-28-10-12-29(13-11-28)23-5-3-2-4-19(23)8-9-31-25(33)21-18-20(6-7-22(21)27-26(31)34)24(32)30-14-16-35-17-15-30/h2-7,18H,8-17H2,1H3,(H,27,34). The fourth-order valence-corrected chi connectivity index (χ4v) is 4.85. The molecule has 2 fully saturated rings. The maximum absolute atomic E-state index is 13.3. The minimum absolute atomic E-state index is 0.131. The number of aryl methyl sites for hydroxylation is 1. The maximum Gasteiger partial charge on any atom is 0.328 e. The summed E-state index contributed by atoms with van der Waals surface area (Å²) in [5.41, 5.74) is 2.33. The average molecular weight is 478 g/mol. The second-order valence-corrected chi connectivity index (χ2v) is 9.22. The Morgan fingerprint density at radius 3 is 2.49 bits per heavy atom. The highest BCUT2D eigenvalue weighted by Crippen LogP contribution is 2.22. The number of para-hydroxylation sites is 1. The molecule has 2 saturated heterocycles. The smallest absolute Gasteiger partial charge is 0.328 e. The molecule has 0 unspecified atom stereocenters. The summed E-state index contributed by atoms with van der Waals surface area (Å²) in [6.45, 7) is 6.24. The number of nitrogens with one attached hydrogen (secondary N) is 1. The number of amides is 1. The van der Waals surface area contributed by atoms with E-state index in [0.29, 0.717) is 49.2 Å². The normalized spacial score (nSPS) is 17.2. The third-order valence-corrected chi connectivity index (χ3v) is 6.97. The summed E-state index contributed by atoms with van der Waals surface area (Å²) in [6.07, 6.45) is 0.559. The van der Waals surface area contributed by atoms with Gasteiger partial charge in [0.15, 0.2) is 0 Å². The third-order valence-electron chi connectivity index (χ3n) is 6.97. The van der Waals surface area contributed by atoms with Crippen molar-refractivity contribution in [2.45, 2.75) is 13.0 Å². The SMILES string of the molecule is CN1CCN(c2ccccc2CCn2c(=O)[nH]c3ccc(C(=O)N4CCOCC4)cc3c2=O)CC1. The minimum atomic E-state index is -0.438. The molecule has 184 valence electrons. The van der Waals surface area contributed by atoms with Crippen molar-refractivity contribution < 1.29 is 9.53 Å². The van der Waals surface area contributed by atoms with Crippen molar-refractivity contribution >= 4 is 22.5 Å². The monoisotopic (exact) mass is 477 g/mol. The van der Waals surface area contributed by atoms with Crippen molar-refractivity contribution in [3.05, 3.63) is 74.4 Å². The highest BCUT2D eigenvalue weighted by molar-refractivity contribution is 5.97. The lowest BCUT2D eigenvalue weighted by molar-refractivity contribution is 0.0303. The number of H-pyrrole nitrogens is 1. The van der Waals surface area contributed by atoms with E-state index in [1.165, 1.54) is 4.57 Å². The van der Waals surface area contributed by atoms with Crippen molar-refractivity contribution in [1.29, 1.82) is 0 Å². The van der Waals surface area contributed by atoms with Gasteiger partial charge < -0.3 is 24.4 Å². The Morgan fingerprint density at radius 2 is 1.71 bits per heavy atom. The van der Waals surface area contributed by atoms with E-state index in [2.05, 4.69) is 34.0 Å². The molecular weight excluding hydrogens is 446 g/mol. The van der Waals surface area contributed by atoms with Crippen molar-refractivity contribution in [2.75, 3.05) is 64.4 Å². The van der Waals surface area contributed by atoms with Gasteiger partial charge in [-0.3, -0.25) is 14.2 Å². The summed E-state index contributed by atoms with van der Waals surface area (Å²) in [6, 6.07) is 13.1. The molecule has 9 heteroatoms. The van der Waals surface area contributed by atoms with Crippen LogP contribution in [0.15, 0.2) is 52.1 Å². The number of likely N-dealkylation sites (N-methyl/N-ethyl adjacent to an activating group) is 1. The molecule has 2 aliphatic heterocycles. The van der Waals surface area contributed by atoms with E-state index in [1.54, 1.807) is 23.1 Å². The third kappa shape index (κ3) is 4.87. The van der Waals surface area contributed by atoms with Gasteiger partial charge in [0.05, 0.1) is 24.1 Å². The Kier molecular flexibility index (Phi) is 6.70. The Balaban J connectivity index is 1.41. The number of fused-ring (bicyclic) bond motifs is 1. The maximum atomic E-state index is 13.3. The van der Waals surface area contributed by atoms with Crippen LogP contribution >= 0.6 is 0 Å². The molecule has 2 aromatic carbocycles. The predicted octanol–water partition coefficient (Wildman–Crippen LogP) is 1.16. The first kappa shape index (κ1) is 23.3. The zero-order valence-electron chi connectivity index (χ0n) is 20.0. The van der Waals surface area contributed by atoms with Gasteiger partial charge in [-0.2, -0.15) is 0 Å². The molecule has 2 aliphatic rings. The summed E-state index contributed by atoms with van der Waals surface area (Å²) in [5.74, 6) is -0.131. The van der Waals surface area contributed by atoms with Gasteiger partial charge in [-0.1, -0.05) is 18.2 Å². The lowest BCUT2D eigenvalue weighted by atomic mass is 10.1. The fraction of sp³-hybridized carbons (Fsp3) is 0.423. The Bertz CT molecular complexity index is 1330. The molecule has 1 aromatic heterocycles. The topological polar surface area (TPSA) is 90.9 Å². The largest absolute Gasteiger partial charge is 0.378 e. The highest BCUT2D eigenvalue weighted by atomic mass is 16.5. The first-order valence-corrected chi connectivity index (χ1v) is 12.2. The second-order valence-electron chi connectivity index (χ2n) is 9.22. The van der Waals surface area contributed by atoms with Gasteiger partial charge in [-0.25, -0.2) is 4.79 Å². The number of hydrogen-bond acceptors (Lipinski definition) is 6. The van der Waals surface area contributed by atoms with Crippen LogP contribution in [0.3, 0.4) is 0 Å². The van der Waals surface area contributed by atoms with E-state index in [1.807, 2.05) is 12.1 Å². The molecule has 0 spiro atoms. The number of aromatic nitrogens is 2. The van der Waals surface area contributed by atoms with E-state index in [-0.39, 0.29) is 18.0 Å². The summed E-state index contributed by atoms with van der Waals surface area (Å²) in [7, 11) is 2.13. The van der Waals surface area contributed by atoms with Gasteiger partial charge >= 0.3 is 5.69 Å². The molecule has 0 radical (unpaired) electrons. The molecule has 35 heavy (non-hydrogen) atoms. The molecule has 0 atom stereocenters. The molecule has 1 amide bonds.